The van der Waals surface area contributed by atoms with E-state index in [2.05, 4.69) is 35.9 Å². The number of halogens is 3. The van der Waals surface area contributed by atoms with Crippen molar-refractivity contribution in [1.29, 1.82) is 0 Å². The Morgan fingerprint density at radius 2 is 1.89 bits per heavy atom. The van der Waals surface area contributed by atoms with Crippen LogP contribution in [0.15, 0.2) is 30.5 Å². The second-order valence-electron chi connectivity index (χ2n) is 9.08. The Morgan fingerprint density at radius 1 is 1.14 bits per heavy atom. The first kappa shape index (κ1) is 29.4. The van der Waals surface area contributed by atoms with Crippen LogP contribution in [-0.4, -0.2) is 35.1 Å². The van der Waals surface area contributed by atoms with Crippen LogP contribution in [0.25, 0.3) is 11.3 Å². The molecule has 0 saturated heterocycles. The summed E-state index contributed by atoms with van der Waals surface area (Å²) in [6.07, 6.45) is 3.00. The Bertz CT molecular complexity index is 996. The van der Waals surface area contributed by atoms with Gasteiger partial charge in [-0.15, -0.1) is 10.2 Å². The minimum absolute atomic E-state index is 0.206. The molecule has 1 unspecified atom stereocenters. The lowest BCUT2D eigenvalue weighted by molar-refractivity contribution is -0.137. The van der Waals surface area contributed by atoms with E-state index in [0.29, 0.717) is 49.5 Å². The zero-order chi connectivity index (χ0) is 26.7. The van der Waals surface area contributed by atoms with Crippen LogP contribution >= 0.6 is 0 Å². The zero-order valence-corrected chi connectivity index (χ0v) is 21.5. The third kappa shape index (κ3) is 8.40. The highest BCUT2D eigenvalue weighted by atomic mass is 19.4. The van der Waals surface area contributed by atoms with Crippen LogP contribution in [0, 0.1) is 0 Å². The van der Waals surface area contributed by atoms with Crippen LogP contribution in [-0.2, 0) is 23.8 Å². The molecule has 0 saturated carbocycles. The molecule has 0 amide bonds. The smallest absolute Gasteiger partial charge is 0.416 e. The summed E-state index contributed by atoms with van der Waals surface area (Å²) in [4.78, 5) is 0. The molecule has 9 heteroatoms. The van der Waals surface area contributed by atoms with E-state index >= 15 is 0 Å². The molecule has 0 aliphatic rings. The average Bonchev–Trinajstić information content (AvgIpc) is 2.82. The number of phenolic OH excluding ortho intramolecular Hbond substituents is 1. The van der Waals surface area contributed by atoms with Gasteiger partial charge in [0.1, 0.15) is 11.4 Å². The number of nitrogens with zero attached hydrogens (tertiary/aromatic N) is 2. The van der Waals surface area contributed by atoms with Gasteiger partial charge in [0.15, 0.2) is 5.82 Å². The second-order valence-corrected chi connectivity index (χ2v) is 9.08. The molecule has 36 heavy (non-hydrogen) atoms. The molecular weight excluding hydrogens is 469 g/mol. The number of nitrogens with one attached hydrogen (secondary N) is 1. The molecule has 0 bridgehead atoms. The first-order valence-electron chi connectivity index (χ1n) is 12.6. The predicted octanol–water partition coefficient (Wildman–Crippen LogP) is 6.62. The average molecular weight is 509 g/mol. The number of aromatic hydroxyl groups is 1. The molecule has 1 atom stereocenters. The molecule has 200 valence electrons. The van der Waals surface area contributed by atoms with Crippen molar-refractivity contribution in [3.05, 3.63) is 47.2 Å². The standard InChI is InChI=1S/C27H39F3N4O2/c1-5-7-8-10-20(6-2)32-26-22(14-12-18(3)31)21(11-9-16-36-4)25(33-34-26)23-15-13-19(17-24(23)35)27(28,29)30/h13,15,17,20,35H,3,5-12,14,16,31H2,1-2,4H3,(H,32,34). The molecular formula is C27H39F3N4O2. The maximum atomic E-state index is 13.2. The van der Waals surface area contributed by atoms with Gasteiger partial charge in [0.05, 0.1) is 5.56 Å². The second kappa shape index (κ2) is 14.1. The highest BCUT2D eigenvalue weighted by Crippen LogP contribution is 2.39. The number of benzene rings is 1. The summed E-state index contributed by atoms with van der Waals surface area (Å²) in [5.74, 6) is 0.148. The van der Waals surface area contributed by atoms with Crippen molar-refractivity contribution >= 4 is 5.82 Å². The Balaban J connectivity index is 2.59. The lowest BCUT2D eigenvalue weighted by Gasteiger charge is -2.23. The van der Waals surface area contributed by atoms with Crippen LogP contribution in [0.2, 0.25) is 0 Å². The fourth-order valence-electron chi connectivity index (χ4n) is 4.18. The normalized spacial score (nSPS) is 12.5. The Labute approximate surface area is 212 Å². The van der Waals surface area contributed by atoms with Crippen molar-refractivity contribution < 1.29 is 23.0 Å². The number of aromatic nitrogens is 2. The van der Waals surface area contributed by atoms with Crippen LogP contribution in [0.1, 0.15) is 75.5 Å². The van der Waals surface area contributed by atoms with Crippen LogP contribution in [0.5, 0.6) is 5.75 Å². The lowest BCUT2D eigenvalue weighted by atomic mass is 9.93. The van der Waals surface area contributed by atoms with Gasteiger partial charge in [0.25, 0.3) is 0 Å². The molecule has 0 aliphatic carbocycles. The summed E-state index contributed by atoms with van der Waals surface area (Å²) in [5.41, 5.74) is 7.74. The molecule has 0 aliphatic heterocycles. The number of nitrogens with two attached hydrogens (primary N) is 1. The van der Waals surface area contributed by atoms with Gasteiger partial charge >= 0.3 is 6.18 Å². The van der Waals surface area contributed by atoms with E-state index in [-0.39, 0.29) is 11.6 Å². The number of hydrogen-bond acceptors (Lipinski definition) is 6. The molecule has 0 fully saturated rings. The van der Waals surface area contributed by atoms with E-state index in [1.807, 2.05) is 0 Å². The van der Waals surface area contributed by atoms with Gasteiger partial charge < -0.3 is 20.9 Å². The minimum Gasteiger partial charge on any atom is -0.507 e. The summed E-state index contributed by atoms with van der Waals surface area (Å²) < 4.78 is 44.7. The predicted molar refractivity (Wildman–Crippen MR) is 138 cm³/mol. The van der Waals surface area contributed by atoms with Crippen LogP contribution < -0.4 is 11.1 Å². The summed E-state index contributed by atoms with van der Waals surface area (Å²) in [6.45, 7) is 8.60. The molecule has 1 heterocycles. The van der Waals surface area contributed by atoms with Gasteiger partial charge in [-0.3, -0.25) is 0 Å². The van der Waals surface area contributed by atoms with Crippen molar-refractivity contribution in [2.75, 3.05) is 19.0 Å². The number of alkyl halides is 3. The van der Waals surface area contributed by atoms with E-state index in [4.69, 9.17) is 10.5 Å². The molecule has 6 nitrogen and oxygen atoms in total. The van der Waals surface area contributed by atoms with E-state index in [9.17, 15) is 18.3 Å². The topological polar surface area (TPSA) is 93.3 Å². The van der Waals surface area contributed by atoms with Gasteiger partial charge in [0, 0.05) is 36.6 Å². The first-order valence-corrected chi connectivity index (χ1v) is 12.6. The Morgan fingerprint density at radius 3 is 2.47 bits per heavy atom. The fraction of sp³-hybridized carbons (Fsp3) is 0.556. The SMILES string of the molecule is C=C(N)CCc1c(NC(CC)CCCCC)nnc(-c2ccc(C(F)(F)F)cc2O)c1CCCOC. The van der Waals surface area contributed by atoms with E-state index in [1.54, 1.807) is 7.11 Å². The van der Waals surface area contributed by atoms with Gasteiger partial charge in [0.2, 0.25) is 0 Å². The Kier molecular flexibility index (Phi) is 11.5. The Hall–Kier alpha value is -2.81. The molecule has 2 aromatic rings. The summed E-state index contributed by atoms with van der Waals surface area (Å²) in [7, 11) is 1.61. The van der Waals surface area contributed by atoms with Gasteiger partial charge in [-0.1, -0.05) is 39.7 Å². The van der Waals surface area contributed by atoms with E-state index in [1.165, 1.54) is 6.07 Å². The van der Waals surface area contributed by atoms with Crippen molar-refractivity contribution in [2.45, 2.75) is 83.9 Å². The van der Waals surface area contributed by atoms with Crippen molar-refractivity contribution in [1.82, 2.24) is 10.2 Å². The van der Waals surface area contributed by atoms with E-state index < -0.39 is 17.5 Å². The summed E-state index contributed by atoms with van der Waals surface area (Å²) in [5, 5.41) is 22.9. The fourth-order valence-corrected chi connectivity index (χ4v) is 4.18. The third-order valence-corrected chi connectivity index (χ3v) is 6.23. The number of hydrogen-bond donors (Lipinski definition) is 3. The number of methoxy groups -OCH3 is 1. The molecule has 1 aromatic carbocycles. The first-order chi connectivity index (χ1) is 17.1. The van der Waals surface area contributed by atoms with Crippen molar-refractivity contribution in [3.63, 3.8) is 0 Å². The number of ether oxygens (including phenoxy) is 1. The number of unbranched alkanes of at least 4 members (excludes halogenated alkanes) is 2. The zero-order valence-electron chi connectivity index (χ0n) is 21.5. The summed E-state index contributed by atoms with van der Waals surface area (Å²) >= 11 is 0. The van der Waals surface area contributed by atoms with Crippen molar-refractivity contribution in [3.8, 4) is 17.0 Å². The maximum Gasteiger partial charge on any atom is 0.416 e. The molecule has 4 N–H and O–H groups in total. The highest BCUT2D eigenvalue weighted by Gasteiger charge is 2.31. The number of anilines is 1. The quantitative estimate of drug-likeness (QED) is 0.234. The highest BCUT2D eigenvalue weighted by molar-refractivity contribution is 5.73. The van der Waals surface area contributed by atoms with Gasteiger partial charge in [-0.25, -0.2) is 0 Å². The van der Waals surface area contributed by atoms with Crippen LogP contribution in [0.4, 0.5) is 19.0 Å². The van der Waals surface area contributed by atoms with Gasteiger partial charge in [-0.05, 0) is 62.3 Å². The number of phenols is 1. The maximum absolute atomic E-state index is 13.2. The van der Waals surface area contributed by atoms with Crippen molar-refractivity contribution in [2.24, 2.45) is 5.73 Å². The monoisotopic (exact) mass is 508 g/mol. The van der Waals surface area contributed by atoms with Gasteiger partial charge in [-0.2, -0.15) is 13.2 Å². The lowest BCUT2D eigenvalue weighted by Crippen LogP contribution is -2.22. The largest absolute Gasteiger partial charge is 0.507 e. The van der Waals surface area contributed by atoms with E-state index in [0.717, 1.165) is 55.4 Å². The summed E-state index contributed by atoms with van der Waals surface area (Å²) in [6, 6.07) is 3.14. The molecule has 2 rings (SSSR count). The number of rotatable bonds is 15. The van der Waals surface area contributed by atoms with Crippen LogP contribution in [0.3, 0.4) is 0 Å². The molecule has 1 aromatic heterocycles. The minimum atomic E-state index is -4.56. The number of allylic oxidation sites excluding steroid dienone is 1. The third-order valence-electron chi connectivity index (χ3n) is 6.23. The molecule has 0 spiro atoms. The molecule has 0 radical (unpaired) electrons.